The van der Waals surface area contributed by atoms with Gasteiger partial charge in [0.1, 0.15) is 12.4 Å². The van der Waals surface area contributed by atoms with Gasteiger partial charge in [-0.05, 0) is 44.4 Å². The Labute approximate surface area is 179 Å². The van der Waals surface area contributed by atoms with Gasteiger partial charge in [-0.2, -0.15) is 0 Å². The van der Waals surface area contributed by atoms with Gasteiger partial charge in [0.15, 0.2) is 5.82 Å². The van der Waals surface area contributed by atoms with Crippen LogP contribution in [0.1, 0.15) is 30.3 Å². The third-order valence-corrected chi connectivity index (χ3v) is 5.94. The lowest BCUT2D eigenvalue weighted by atomic mass is 10.1. The second-order valence-electron chi connectivity index (χ2n) is 8.55. The van der Waals surface area contributed by atoms with E-state index in [-0.39, 0.29) is 0 Å². The van der Waals surface area contributed by atoms with Crippen LogP contribution in [-0.2, 0) is 17.9 Å². The fourth-order valence-corrected chi connectivity index (χ4v) is 4.27. The van der Waals surface area contributed by atoms with Crippen molar-refractivity contribution in [3.63, 3.8) is 0 Å². The first-order chi connectivity index (χ1) is 14.5. The molecule has 7 nitrogen and oxygen atoms in total. The van der Waals surface area contributed by atoms with E-state index in [2.05, 4.69) is 63.2 Å². The molecular weight excluding hydrogens is 378 g/mol. The molecule has 4 rings (SSSR count). The molecule has 0 saturated carbocycles. The average molecular weight is 412 g/mol. The summed E-state index contributed by atoms with van der Waals surface area (Å²) < 4.78 is 13.8. The van der Waals surface area contributed by atoms with Crippen LogP contribution in [0.4, 0.5) is 5.95 Å². The summed E-state index contributed by atoms with van der Waals surface area (Å²) in [4.78, 5) is 4.91. The largest absolute Gasteiger partial charge is 0.485 e. The van der Waals surface area contributed by atoms with Gasteiger partial charge in [0.25, 0.3) is 0 Å². The molecule has 0 bridgehead atoms. The van der Waals surface area contributed by atoms with E-state index in [4.69, 9.17) is 9.47 Å². The molecule has 3 heterocycles. The van der Waals surface area contributed by atoms with Crippen molar-refractivity contribution in [2.75, 3.05) is 44.3 Å². The molecule has 162 valence electrons. The molecule has 2 fully saturated rings. The van der Waals surface area contributed by atoms with Crippen molar-refractivity contribution in [2.24, 2.45) is 0 Å². The molecule has 0 spiro atoms. The minimum absolute atomic E-state index is 0.394. The van der Waals surface area contributed by atoms with Gasteiger partial charge in [-0.15, -0.1) is 10.2 Å². The number of hydrogen-bond acceptors (Lipinski definition) is 6. The molecule has 2 aliphatic heterocycles. The predicted molar refractivity (Wildman–Crippen MR) is 118 cm³/mol. The van der Waals surface area contributed by atoms with Crippen LogP contribution in [-0.4, -0.2) is 65.1 Å². The molecule has 1 aromatic carbocycles. The molecule has 0 radical (unpaired) electrons. The number of nitrogens with zero attached hydrogens (tertiary/aromatic N) is 5. The summed E-state index contributed by atoms with van der Waals surface area (Å²) in [6.07, 6.45) is 1.15. The van der Waals surface area contributed by atoms with Crippen molar-refractivity contribution < 1.29 is 9.47 Å². The van der Waals surface area contributed by atoms with E-state index in [0.29, 0.717) is 19.2 Å². The predicted octanol–water partition coefficient (Wildman–Crippen LogP) is 2.96. The van der Waals surface area contributed by atoms with Gasteiger partial charge < -0.3 is 14.4 Å². The highest BCUT2D eigenvalue weighted by atomic mass is 16.5. The van der Waals surface area contributed by atoms with Gasteiger partial charge in [-0.25, -0.2) is 0 Å². The summed E-state index contributed by atoms with van der Waals surface area (Å²) in [6, 6.07) is 6.81. The number of benzene rings is 1. The maximum Gasteiger partial charge on any atom is 0.227 e. The van der Waals surface area contributed by atoms with E-state index in [1.165, 1.54) is 5.56 Å². The molecule has 0 unspecified atom stereocenters. The highest BCUT2D eigenvalue weighted by Gasteiger charge is 2.31. The van der Waals surface area contributed by atoms with Crippen molar-refractivity contribution in [3.8, 4) is 5.75 Å². The minimum atomic E-state index is 0.394. The number of hydrogen-bond donors (Lipinski definition) is 0. The molecule has 1 aromatic heterocycles. The van der Waals surface area contributed by atoms with Crippen molar-refractivity contribution in [2.45, 2.75) is 46.4 Å². The van der Waals surface area contributed by atoms with Gasteiger partial charge in [0.05, 0.1) is 13.2 Å². The molecule has 0 aliphatic carbocycles. The monoisotopic (exact) mass is 411 g/mol. The van der Waals surface area contributed by atoms with E-state index in [1.807, 2.05) is 6.92 Å². The van der Waals surface area contributed by atoms with E-state index in [9.17, 15) is 0 Å². The summed E-state index contributed by atoms with van der Waals surface area (Å²) in [5, 5.41) is 9.05. The quantitative estimate of drug-likeness (QED) is 0.653. The summed E-state index contributed by atoms with van der Waals surface area (Å²) in [5.41, 5.74) is 3.39. The van der Waals surface area contributed by atoms with Gasteiger partial charge >= 0.3 is 0 Å². The van der Waals surface area contributed by atoms with Crippen LogP contribution in [0, 0.1) is 13.8 Å². The van der Waals surface area contributed by atoms with Crippen LogP contribution >= 0.6 is 0 Å². The van der Waals surface area contributed by atoms with Crippen LogP contribution in [0.5, 0.6) is 5.75 Å². The molecule has 1 atom stereocenters. The average Bonchev–Trinajstić information content (AvgIpc) is 3.36. The number of anilines is 1. The SMILES string of the molecule is C=C(C)Cn1c(COc2cc(C)ccc2C)nnc1N1CC[C@@H](N2CCOCC2)C1. The topological polar surface area (TPSA) is 55.7 Å². The fourth-order valence-electron chi connectivity index (χ4n) is 4.27. The van der Waals surface area contributed by atoms with E-state index in [0.717, 1.165) is 74.5 Å². The molecule has 7 heteroatoms. The zero-order valence-corrected chi connectivity index (χ0v) is 18.4. The standard InChI is InChI=1S/C23H33N5O2/c1-17(2)14-28-22(16-30-21-13-18(3)5-6-19(21)4)24-25-23(28)27-8-7-20(15-27)26-9-11-29-12-10-26/h5-6,13,20H,1,7-12,14-16H2,2-4H3/t20-/m1/s1. The van der Waals surface area contributed by atoms with Crippen molar-refractivity contribution >= 4 is 5.95 Å². The number of ether oxygens (including phenoxy) is 2. The lowest BCUT2D eigenvalue weighted by Gasteiger charge is -2.32. The van der Waals surface area contributed by atoms with Crippen LogP contribution < -0.4 is 9.64 Å². The Hall–Kier alpha value is -2.38. The summed E-state index contributed by atoms with van der Waals surface area (Å²) in [5.74, 6) is 2.66. The lowest BCUT2D eigenvalue weighted by molar-refractivity contribution is 0.0209. The third kappa shape index (κ3) is 4.68. The normalized spacial score (nSPS) is 20.0. The molecule has 0 amide bonds. The summed E-state index contributed by atoms with van der Waals surface area (Å²) >= 11 is 0. The van der Waals surface area contributed by atoms with Crippen molar-refractivity contribution in [1.82, 2.24) is 19.7 Å². The summed E-state index contributed by atoms with van der Waals surface area (Å²) in [7, 11) is 0. The second-order valence-corrected chi connectivity index (χ2v) is 8.55. The van der Waals surface area contributed by atoms with Gasteiger partial charge in [-0.3, -0.25) is 9.47 Å². The third-order valence-electron chi connectivity index (χ3n) is 5.94. The second kappa shape index (κ2) is 9.18. The highest BCUT2D eigenvalue weighted by Crippen LogP contribution is 2.25. The van der Waals surface area contributed by atoms with Gasteiger partial charge in [-0.1, -0.05) is 24.3 Å². The lowest BCUT2D eigenvalue weighted by Crippen LogP contribution is -2.44. The van der Waals surface area contributed by atoms with E-state index >= 15 is 0 Å². The van der Waals surface area contributed by atoms with Crippen LogP contribution in [0.2, 0.25) is 0 Å². The number of allylic oxidation sites excluding steroid dienone is 1. The number of morpholine rings is 1. The fraction of sp³-hybridized carbons (Fsp3) is 0.565. The van der Waals surface area contributed by atoms with Crippen LogP contribution in [0.3, 0.4) is 0 Å². The first-order valence-corrected chi connectivity index (χ1v) is 10.8. The highest BCUT2D eigenvalue weighted by molar-refractivity contribution is 5.37. The maximum absolute atomic E-state index is 6.12. The zero-order chi connectivity index (χ0) is 21.1. The number of aromatic nitrogens is 3. The Kier molecular flexibility index (Phi) is 6.39. The molecule has 2 aromatic rings. The first-order valence-electron chi connectivity index (χ1n) is 10.8. The van der Waals surface area contributed by atoms with Crippen LogP contribution in [0.25, 0.3) is 0 Å². The molecule has 30 heavy (non-hydrogen) atoms. The zero-order valence-electron chi connectivity index (χ0n) is 18.4. The summed E-state index contributed by atoms with van der Waals surface area (Å²) in [6.45, 7) is 17.1. The van der Waals surface area contributed by atoms with Gasteiger partial charge in [0.2, 0.25) is 5.95 Å². The maximum atomic E-state index is 6.12. The van der Waals surface area contributed by atoms with E-state index in [1.54, 1.807) is 0 Å². The Morgan fingerprint density at radius 1 is 1.20 bits per heavy atom. The first kappa shape index (κ1) is 20.9. The number of rotatable bonds is 7. The Balaban J connectivity index is 1.49. The van der Waals surface area contributed by atoms with Crippen molar-refractivity contribution in [1.29, 1.82) is 0 Å². The van der Waals surface area contributed by atoms with E-state index < -0.39 is 0 Å². The van der Waals surface area contributed by atoms with Gasteiger partial charge in [0, 0.05) is 38.8 Å². The molecule has 2 saturated heterocycles. The minimum Gasteiger partial charge on any atom is -0.485 e. The Morgan fingerprint density at radius 2 is 2.00 bits per heavy atom. The Bertz CT molecular complexity index is 888. The Morgan fingerprint density at radius 3 is 2.77 bits per heavy atom. The van der Waals surface area contributed by atoms with Crippen LogP contribution in [0.15, 0.2) is 30.4 Å². The smallest absolute Gasteiger partial charge is 0.227 e. The molecule has 0 N–H and O–H groups in total. The molecular formula is C23H33N5O2. The molecule has 2 aliphatic rings. The number of aryl methyl sites for hydroxylation is 2. The van der Waals surface area contributed by atoms with Crippen molar-refractivity contribution in [3.05, 3.63) is 47.3 Å².